The first-order chi connectivity index (χ1) is 12.1. The SMILES string of the molecule is CC(NC(=O)c1ccc(Cl)cc1)C1CCC(Oc2ccncc2)CC1. The van der Waals surface area contributed by atoms with Crippen molar-refractivity contribution < 1.29 is 9.53 Å². The third-order valence-electron chi connectivity index (χ3n) is 4.84. The summed E-state index contributed by atoms with van der Waals surface area (Å²) in [7, 11) is 0. The number of aromatic nitrogens is 1. The van der Waals surface area contributed by atoms with Crippen molar-refractivity contribution in [2.45, 2.75) is 44.8 Å². The highest BCUT2D eigenvalue weighted by Crippen LogP contribution is 2.29. The smallest absolute Gasteiger partial charge is 0.251 e. The molecule has 1 aliphatic rings. The van der Waals surface area contributed by atoms with Crippen molar-refractivity contribution in [3.8, 4) is 5.75 Å². The molecular formula is C20H23ClN2O2. The van der Waals surface area contributed by atoms with Gasteiger partial charge in [0.2, 0.25) is 0 Å². The Morgan fingerprint density at radius 2 is 1.76 bits per heavy atom. The Balaban J connectivity index is 1.47. The minimum atomic E-state index is -0.0423. The summed E-state index contributed by atoms with van der Waals surface area (Å²) in [6, 6.07) is 10.9. The monoisotopic (exact) mass is 358 g/mol. The summed E-state index contributed by atoms with van der Waals surface area (Å²) in [5.74, 6) is 1.32. The molecule has 1 fully saturated rings. The van der Waals surface area contributed by atoms with E-state index in [4.69, 9.17) is 16.3 Å². The number of amides is 1. The molecule has 0 aliphatic heterocycles. The van der Waals surface area contributed by atoms with Crippen LogP contribution in [-0.2, 0) is 0 Å². The standard InChI is InChI=1S/C20H23ClN2O2/c1-14(23-20(24)16-2-6-17(21)7-3-16)15-4-8-18(9-5-15)25-19-10-12-22-13-11-19/h2-3,6-7,10-15,18H,4-5,8-9H2,1H3,(H,23,24). The van der Waals surface area contributed by atoms with Gasteiger partial charge in [-0.25, -0.2) is 0 Å². The lowest BCUT2D eigenvalue weighted by molar-refractivity contribution is 0.0886. The molecule has 5 heteroatoms. The van der Waals surface area contributed by atoms with Gasteiger partial charge in [-0.2, -0.15) is 0 Å². The number of halogens is 1. The van der Waals surface area contributed by atoms with Crippen molar-refractivity contribution in [2.24, 2.45) is 5.92 Å². The number of nitrogens with zero attached hydrogens (tertiary/aromatic N) is 1. The van der Waals surface area contributed by atoms with Gasteiger partial charge in [-0.05, 0) is 74.9 Å². The molecule has 4 nitrogen and oxygen atoms in total. The highest BCUT2D eigenvalue weighted by Gasteiger charge is 2.27. The molecule has 1 heterocycles. The molecule has 132 valence electrons. The lowest BCUT2D eigenvalue weighted by Gasteiger charge is -2.32. The molecule has 1 aromatic heterocycles. The summed E-state index contributed by atoms with van der Waals surface area (Å²) in [4.78, 5) is 16.3. The third kappa shape index (κ3) is 4.95. The van der Waals surface area contributed by atoms with Crippen LogP contribution in [0.5, 0.6) is 5.75 Å². The molecule has 1 aromatic carbocycles. The van der Waals surface area contributed by atoms with E-state index in [0.717, 1.165) is 31.4 Å². The zero-order valence-electron chi connectivity index (χ0n) is 14.3. The van der Waals surface area contributed by atoms with Gasteiger partial charge in [-0.3, -0.25) is 9.78 Å². The van der Waals surface area contributed by atoms with E-state index in [-0.39, 0.29) is 18.1 Å². The van der Waals surface area contributed by atoms with Crippen LogP contribution in [0.2, 0.25) is 5.02 Å². The van der Waals surface area contributed by atoms with Crippen LogP contribution in [-0.4, -0.2) is 23.0 Å². The quantitative estimate of drug-likeness (QED) is 0.856. The molecule has 1 atom stereocenters. The minimum absolute atomic E-state index is 0.0423. The van der Waals surface area contributed by atoms with Crippen molar-refractivity contribution in [3.05, 3.63) is 59.4 Å². The van der Waals surface area contributed by atoms with Crippen LogP contribution < -0.4 is 10.1 Å². The van der Waals surface area contributed by atoms with Crippen molar-refractivity contribution in [1.29, 1.82) is 0 Å². The Morgan fingerprint density at radius 3 is 2.40 bits per heavy atom. The second kappa shape index (κ2) is 8.34. The van der Waals surface area contributed by atoms with Gasteiger partial charge in [-0.15, -0.1) is 0 Å². The van der Waals surface area contributed by atoms with Crippen molar-refractivity contribution in [1.82, 2.24) is 10.3 Å². The largest absolute Gasteiger partial charge is 0.490 e. The first kappa shape index (κ1) is 17.7. The maximum absolute atomic E-state index is 12.3. The number of hydrogen-bond donors (Lipinski definition) is 1. The van der Waals surface area contributed by atoms with E-state index in [1.165, 1.54) is 0 Å². The maximum Gasteiger partial charge on any atom is 0.251 e. The number of pyridine rings is 1. The molecule has 0 saturated heterocycles. The highest BCUT2D eigenvalue weighted by atomic mass is 35.5. The van der Waals surface area contributed by atoms with Gasteiger partial charge >= 0.3 is 0 Å². The van der Waals surface area contributed by atoms with Gasteiger partial charge in [0.05, 0.1) is 6.10 Å². The molecule has 2 aromatic rings. The molecule has 1 amide bonds. The fourth-order valence-corrected chi connectivity index (χ4v) is 3.45. The Bertz CT molecular complexity index is 683. The van der Waals surface area contributed by atoms with Crippen molar-refractivity contribution >= 4 is 17.5 Å². The maximum atomic E-state index is 12.3. The van der Waals surface area contributed by atoms with Crippen LogP contribution in [0.25, 0.3) is 0 Å². The number of hydrogen-bond acceptors (Lipinski definition) is 3. The van der Waals surface area contributed by atoms with E-state index in [2.05, 4.69) is 17.2 Å². The Morgan fingerprint density at radius 1 is 1.12 bits per heavy atom. The van der Waals surface area contributed by atoms with Crippen molar-refractivity contribution in [2.75, 3.05) is 0 Å². The van der Waals surface area contributed by atoms with E-state index in [1.54, 1.807) is 36.7 Å². The number of carbonyl (C=O) groups is 1. The normalized spacial score (nSPS) is 21.4. The number of ether oxygens (including phenoxy) is 1. The van der Waals surface area contributed by atoms with Crippen LogP contribution in [0.1, 0.15) is 43.0 Å². The zero-order chi connectivity index (χ0) is 17.6. The predicted octanol–water partition coefficient (Wildman–Crippen LogP) is 4.49. The number of rotatable bonds is 5. The Hall–Kier alpha value is -2.07. The molecular weight excluding hydrogens is 336 g/mol. The molecule has 0 bridgehead atoms. The molecule has 1 unspecified atom stereocenters. The second-order valence-electron chi connectivity index (χ2n) is 6.61. The number of carbonyl (C=O) groups excluding carboxylic acids is 1. The predicted molar refractivity (Wildman–Crippen MR) is 99.0 cm³/mol. The topological polar surface area (TPSA) is 51.2 Å². The van der Waals surface area contributed by atoms with Gasteiger partial charge in [0.1, 0.15) is 5.75 Å². The van der Waals surface area contributed by atoms with Crippen LogP contribution in [0.4, 0.5) is 0 Å². The van der Waals surface area contributed by atoms with Crippen LogP contribution in [0.3, 0.4) is 0 Å². The lowest BCUT2D eigenvalue weighted by atomic mass is 9.83. The minimum Gasteiger partial charge on any atom is -0.490 e. The van der Waals surface area contributed by atoms with E-state index in [9.17, 15) is 4.79 Å². The summed E-state index contributed by atoms with van der Waals surface area (Å²) < 4.78 is 6.01. The van der Waals surface area contributed by atoms with E-state index >= 15 is 0 Å². The highest BCUT2D eigenvalue weighted by molar-refractivity contribution is 6.30. The van der Waals surface area contributed by atoms with Gasteiger partial charge in [0.15, 0.2) is 0 Å². The first-order valence-corrected chi connectivity index (χ1v) is 9.13. The molecule has 1 saturated carbocycles. The van der Waals surface area contributed by atoms with E-state index in [0.29, 0.717) is 16.5 Å². The van der Waals surface area contributed by atoms with Crippen LogP contribution in [0, 0.1) is 5.92 Å². The Labute approximate surface area is 153 Å². The molecule has 1 N–H and O–H groups in total. The summed E-state index contributed by atoms with van der Waals surface area (Å²) in [5.41, 5.74) is 0.644. The van der Waals surface area contributed by atoms with Crippen molar-refractivity contribution in [3.63, 3.8) is 0 Å². The van der Waals surface area contributed by atoms with E-state index < -0.39 is 0 Å². The molecule has 1 aliphatic carbocycles. The fourth-order valence-electron chi connectivity index (χ4n) is 3.32. The average molecular weight is 359 g/mol. The molecule has 25 heavy (non-hydrogen) atoms. The van der Waals surface area contributed by atoms with Gasteiger partial charge in [0.25, 0.3) is 5.91 Å². The van der Waals surface area contributed by atoms with Gasteiger partial charge in [-0.1, -0.05) is 11.6 Å². The average Bonchev–Trinajstić information content (AvgIpc) is 2.63. The zero-order valence-corrected chi connectivity index (χ0v) is 15.1. The number of benzene rings is 1. The summed E-state index contributed by atoms with van der Waals surface area (Å²) in [5, 5.41) is 3.76. The third-order valence-corrected chi connectivity index (χ3v) is 5.10. The van der Waals surface area contributed by atoms with Gasteiger partial charge < -0.3 is 10.1 Å². The lowest BCUT2D eigenvalue weighted by Crippen LogP contribution is -2.40. The van der Waals surface area contributed by atoms with Crippen LogP contribution in [0.15, 0.2) is 48.8 Å². The number of nitrogens with one attached hydrogen (secondary N) is 1. The molecule has 0 radical (unpaired) electrons. The molecule has 0 spiro atoms. The summed E-state index contributed by atoms with van der Waals surface area (Å²) in [6.07, 6.45) is 7.86. The second-order valence-corrected chi connectivity index (χ2v) is 7.04. The summed E-state index contributed by atoms with van der Waals surface area (Å²) in [6.45, 7) is 2.09. The Kier molecular flexibility index (Phi) is 5.92. The van der Waals surface area contributed by atoms with E-state index in [1.807, 2.05) is 12.1 Å². The van der Waals surface area contributed by atoms with Crippen LogP contribution >= 0.6 is 11.6 Å². The fraction of sp³-hybridized carbons (Fsp3) is 0.400. The summed E-state index contributed by atoms with van der Waals surface area (Å²) >= 11 is 5.87. The molecule has 3 rings (SSSR count). The first-order valence-electron chi connectivity index (χ1n) is 8.75. The van der Waals surface area contributed by atoms with Gasteiger partial charge in [0, 0.05) is 29.0 Å².